The molecular formula is C16H24O. The summed E-state index contributed by atoms with van der Waals surface area (Å²) >= 11 is 0. The minimum atomic E-state index is 0.202. The Morgan fingerprint density at radius 3 is 2.35 bits per heavy atom. The van der Waals surface area contributed by atoms with Gasteiger partial charge >= 0.3 is 0 Å². The van der Waals surface area contributed by atoms with E-state index in [0.29, 0.717) is 0 Å². The molecular weight excluding hydrogens is 208 g/mol. The number of ether oxygens (including phenoxy) is 1. The lowest BCUT2D eigenvalue weighted by atomic mass is 10.1. The summed E-state index contributed by atoms with van der Waals surface area (Å²) in [5.41, 5.74) is 0.202. The number of unbranched alkanes of at least 4 members (excludes halogenated alkanes) is 4. The molecule has 0 spiro atoms. The Bertz CT molecular complexity index is 314. The van der Waals surface area contributed by atoms with E-state index in [0.717, 1.165) is 5.75 Å². The summed E-state index contributed by atoms with van der Waals surface area (Å²) in [4.78, 5) is 0. The predicted octanol–water partition coefficient (Wildman–Crippen LogP) is 4.96. The third-order valence-electron chi connectivity index (χ3n) is 3.62. The van der Waals surface area contributed by atoms with Crippen molar-refractivity contribution in [2.24, 2.45) is 0 Å². The first kappa shape index (κ1) is 12.5. The largest absolute Gasteiger partial charge is 0.487 e. The van der Waals surface area contributed by atoms with Crippen molar-refractivity contribution in [3.8, 4) is 5.75 Å². The second kappa shape index (κ2) is 6.09. The van der Waals surface area contributed by atoms with E-state index in [2.05, 4.69) is 19.1 Å². The van der Waals surface area contributed by atoms with Gasteiger partial charge in [0.2, 0.25) is 0 Å². The van der Waals surface area contributed by atoms with E-state index in [1.807, 2.05) is 18.2 Å². The maximum atomic E-state index is 6.12. The molecule has 1 aromatic carbocycles. The molecule has 17 heavy (non-hydrogen) atoms. The van der Waals surface area contributed by atoms with E-state index in [4.69, 9.17) is 4.74 Å². The molecule has 0 heterocycles. The maximum absolute atomic E-state index is 6.12. The molecule has 1 fully saturated rings. The van der Waals surface area contributed by atoms with Crippen molar-refractivity contribution >= 4 is 0 Å². The Morgan fingerprint density at radius 1 is 1.00 bits per heavy atom. The minimum absolute atomic E-state index is 0.202. The molecule has 1 heteroatoms. The van der Waals surface area contributed by atoms with Gasteiger partial charge in [-0.25, -0.2) is 0 Å². The molecule has 1 nitrogen and oxygen atoms in total. The second-order valence-electron chi connectivity index (χ2n) is 5.26. The van der Waals surface area contributed by atoms with Gasteiger partial charge < -0.3 is 4.74 Å². The van der Waals surface area contributed by atoms with Crippen LogP contribution in [0.25, 0.3) is 0 Å². The molecule has 2 rings (SSSR count). The number of hydrogen-bond donors (Lipinski definition) is 0. The number of hydrogen-bond acceptors (Lipinski definition) is 1. The zero-order valence-corrected chi connectivity index (χ0v) is 11.0. The lowest BCUT2D eigenvalue weighted by Crippen LogP contribution is -2.17. The molecule has 1 saturated carbocycles. The SMILES string of the molecule is CCCCCCCC1(Oc2ccccc2)CC1. The Hall–Kier alpha value is -0.980. The van der Waals surface area contributed by atoms with Crippen LogP contribution in [0, 0.1) is 0 Å². The molecule has 0 aliphatic heterocycles. The highest BCUT2D eigenvalue weighted by Gasteiger charge is 2.44. The van der Waals surface area contributed by atoms with E-state index in [1.54, 1.807) is 0 Å². The Balaban J connectivity index is 1.69. The zero-order chi connectivity index (χ0) is 12.0. The summed E-state index contributed by atoms with van der Waals surface area (Å²) in [6, 6.07) is 10.3. The number of rotatable bonds is 8. The van der Waals surface area contributed by atoms with Crippen LogP contribution in [-0.2, 0) is 0 Å². The Labute approximate surface area is 105 Å². The normalized spacial score (nSPS) is 16.8. The van der Waals surface area contributed by atoms with Crippen LogP contribution < -0.4 is 4.74 Å². The van der Waals surface area contributed by atoms with E-state index in [9.17, 15) is 0 Å². The van der Waals surface area contributed by atoms with Crippen molar-refractivity contribution in [3.05, 3.63) is 30.3 Å². The van der Waals surface area contributed by atoms with Gasteiger partial charge in [-0.1, -0.05) is 50.8 Å². The monoisotopic (exact) mass is 232 g/mol. The Kier molecular flexibility index (Phi) is 4.47. The summed E-state index contributed by atoms with van der Waals surface area (Å²) in [5, 5.41) is 0. The smallest absolute Gasteiger partial charge is 0.120 e. The minimum Gasteiger partial charge on any atom is -0.487 e. The molecule has 94 valence electrons. The standard InChI is InChI=1S/C16H24O/c1-2-3-4-5-9-12-16(13-14-16)17-15-10-7-6-8-11-15/h6-8,10-11H,2-5,9,12-14H2,1H3. The van der Waals surface area contributed by atoms with Crippen molar-refractivity contribution in [2.45, 2.75) is 63.9 Å². The molecule has 1 aliphatic carbocycles. The highest BCUT2D eigenvalue weighted by Crippen LogP contribution is 2.44. The average Bonchev–Trinajstić information content (AvgIpc) is 3.10. The number of para-hydroxylation sites is 1. The van der Waals surface area contributed by atoms with Crippen molar-refractivity contribution < 1.29 is 4.74 Å². The van der Waals surface area contributed by atoms with Crippen LogP contribution in [-0.4, -0.2) is 5.60 Å². The molecule has 1 aromatic rings. The molecule has 0 radical (unpaired) electrons. The van der Waals surface area contributed by atoms with Crippen LogP contribution >= 0.6 is 0 Å². The molecule has 0 unspecified atom stereocenters. The molecule has 0 saturated heterocycles. The van der Waals surface area contributed by atoms with E-state index >= 15 is 0 Å². The second-order valence-corrected chi connectivity index (χ2v) is 5.26. The van der Waals surface area contributed by atoms with Crippen molar-refractivity contribution in [2.75, 3.05) is 0 Å². The lowest BCUT2D eigenvalue weighted by molar-refractivity contribution is 0.164. The fourth-order valence-electron chi connectivity index (χ4n) is 2.33. The molecule has 0 atom stereocenters. The highest BCUT2D eigenvalue weighted by atomic mass is 16.5. The highest BCUT2D eigenvalue weighted by molar-refractivity contribution is 5.23. The number of benzene rings is 1. The first-order chi connectivity index (χ1) is 8.35. The fraction of sp³-hybridized carbons (Fsp3) is 0.625. The van der Waals surface area contributed by atoms with Gasteiger partial charge in [0.15, 0.2) is 0 Å². The summed E-state index contributed by atoms with van der Waals surface area (Å²) in [7, 11) is 0. The van der Waals surface area contributed by atoms with Gasteiger partial charge in [0.05, 0.1) is 0 Å². The summed E-state index contributed by atoms with van der Waals surface area (Å²) in [6.45, 7) is 2.26. The van der Waals surface area contributed by atoms with Crippen LogP contribution in [0.2, 0.25) is 0 Å². The maximum Gasteiger partial charge on any atom is 0.120 e. The Morgan fingerprint density at radius 2 is 1.71 bits per heavy atom. The van der Waals surface area contributed by atoms with Gasteiger partial charge in [0.1, 0.15) is 11.4 Å². The summed E-state index contributed by atoms with van der Waals surface area (Å²) in [6.07, 6.45) is 10.5. The predicted molar refractivity (Wildman–Crippen MR) is 72.4 cm³/mol. The van der Waals surface area contributed by atoms with E-state index < -0.39 is 0 Å². The first-order valence-electron chi connectivity index (χ1n) is 7.09. The fourth-order valence-corrected chi connectivity index (χ4v) is 2.33. The van der Waals surface area contributed by atoms with Crippen LogP contribution in [0.5, 0.6) is 5.75 Å². The summed E-state index contributed by atoms with van der Waals surface area (Å²) in [5.74, 6) is 1.04. The molecule has 0 bridgehead atoms. The molecule has 0 amide bonds. The molecule has 1 aliphatic rings. The van der Waals surface area contributed by atoms with Crippen LogP contribution in [0.3, 0.4) is 0 Å². The van der Waals surface area contributed by atoms with Gasteiger partial charge in [0, 0.05) is 0 Å². The molecule has 0 aromatic heterocycles. The lowest BCUT2D eigenvalue weighted by Gasteiger charge is -2.18. The van der Waals surface area contributed by atoms with Crippen LogP contribution in [0.1, 0.15) is 58.3 Å². The third kappa shape index (κ3) is 4.07. The van der Waals surface area contributed by atoms with Gasteiger partial charge in [-0.2, -0.15) is 0 Å². The van der Waals surface area contributed by atoms with Crippen molar-refractivity contribution in [1.82, 2.24) is 0 Å². The van der Waals surface area contributed by atoms with E-state index in [-0.39, 0.29) is 5.60 Å². The van der Waals surface area contributed by atoms with Crippen molar-refractivity contribution in [1.29, 1.82) is 0 Å². The van der Waals surface area contributed by atoms with Crippen LogP contribution in [0.4, 0.5) is 0 Å². The van der Waals surface area contributed by atoms with Crippen LogP contribution in [0.15, 0.2) is 30.3 Å². The average molecular weight is 232 g/mol. The topological polar surface area (TPSA) is 9.23 Å². The van der Waals surface area contributed by atoms with Crippen molar-refractivity contribution in [3.63, 3.8) is 0 Å². The zero-order valence-electron chi connectivity index (χ0n) is 11.0. The first-order valence-corrected chi connectivity index (χ1v) is 7.09. The van der Waals surface area contributed by atoms with Gasteiger partial charge in [-0.15, -0.1) is 0 Å². The van der Waals surface area contributed by atoms with Gasteiger partial charge in [0.25, 0.3) is 0 Å². The third-order valence-corrected chi connectivity index (χ3v) is 3.62. The van der Waals surface area contributed by atoms with Gasteiger partial charge in [-0.3, -0.25) is 0 Å². The molecule has 0 N–H and O–H groups in total. The van der Waals surface area contributed by atoms with E-state index in [1.165, 1.54) is 51.4 Å². The quantitative estimate of drug-likeness (QED) is 0.576. The van der Waals surface area contributed by atoms with Gasteiger partial charge in [-0.05, 0) is 37.8 Å². The summed E-state index contributed by atoms with van der Waals surface area (Å²) < 4.78 is 6.12.